The molecule has 1 fully saturated rings. The van der Waals surface area contributed by atoms with Crippen LogP contribution in [0, 0.1) is 22.0 Å². The molecule has 1 aromatic rings. The number of hydrogen-bond acceptors (Lipinski definition) is 7. The van der Waals surface area contributed by atoms with Crippen LogP contribution < -0.4 is 10.4 Å². The van der Waals surface area contributed by atoms with Crippen molar-refractivity contribution in [2.45, 2.75) is 12.8 Å². The minimum Gasteiger partial charge on any atom is -0.545 e. The zero-order valence-electron chi connectivity index (χ0n) is 13.7. The summed E-state index contributed by atoms with van der Waals surface area (Å²) in [6, 6.07) is 3.34. The smallest absolute Gasteiger partial charge is 0.270 e. The molecule has 9 nitrogen and oxygen atoms in total. The third-order valence-electron chi connectivity index (χ3n) is 4.68. The number of likely N-dealkylation sites (tertiary alicyclic amines) is 1. The molecule has 1 aliphatic heterocycles. The van der Waals surface area contributed by atoms with Crippen LogP contribution in [0.3, 0.4) is 0 Å². The zero-order valence-corrected chi connectivity index (χ0v) is 13.7. The number of imide groups is 1. The maximum absolute atomic E-state index is 12.4. The molecule has 2 atom stereocenters. The summed E-state index contributed by atoms with van der Waals surface area (Å²) in [7, 11) is 0. The van der Waals surface area contributed by atoms with Gasteiger partial charge in [-0.15, -0.1) is 0 Å². The number of carbonyl (C=O) groups excluding carboxylic acids is 3. The fourth-order valence-corrected chi connectivity index (χ4v) is 3.36. The summed E-state index contributed by atoms with van der Waals surface area (Å²) in [4.78, 5) is 47.1. The molecule has 0 saturated carbocycles. The van der Waals surface area contributed by atoms with Crippen LogP contribution in [0.25, 0.3) is 0 Å². The van der Waals surface area contributed by atoms with E-state index >= 15 is 0 Å². The van der Waals surface area contributed by atoms with Crippen molar-refractivity contribution in [3.63, 3.8) is 0 Å². The second-order valence-electron chi connectivity index (χ2n) is 6.19. The Morgan fingerprint density at radius 2 is 1.81 bits per heavy atom. The maximum Gasteiger partial charge on any atom is 0.270 e. The number of non-ortho nitro benzene ring substituents is 1. The minimum absolute atomic E-state index is 0.0914. The number of carboxylic acids is 1. The molecule has 1 aliphatic carbocycles. The lowest BCUT2D eigenvalue weighted by atomic mass is 9.85. The van der Waals surface area contributed by atoms with Crippen molar-refractivity contribution < 1.29 is 24.4 Å². The first kappa shape index (κ1) is 17.6. The van der Waals surface area contributed by atoms with E-state index < -0.39 is 10.9 Å². The van der Waals surface area contributed by atoms with Crippen molar-refractivity contribution >= 4 is 29.2 Å². The fraction of sp³-hybridized carbons (Fsp3) is 0.353. The van der Waals surface area contributed by atoms with Crippen molar-refractivity contribution in [1.29, 1.82) is 0 Å². The summed E-state index contributed by atoms with van der Waals surface area (Å²) in [5, 5.41) is 24.8. The lowest BCUT2D eigenvalue weighted by Crippen LogP contribution is -2.35. The number of allylic oxidation sites excluding steroid dienone is 2. The molecular formula is C17H16N3O6-. The van der Waals surface area contributed by atoms with E-state index in [2.05, 4.69) is 5.32 Å². The largest absolute Gasteiger partial charge is 0.545 e. The average Bonchev–Trinajstić information content (AvgIpc) is 2.86. The van der Waals surface area contributed by atoms with Crippen molar-refractivity contribution in [3.05, 3.63) is 46.0 Å². The van der Waals surface area contributed by atoms with Gasteiger partial charge in [0.25, 0.3) is 5.69 Å². The summed E-state index contributed by atoms with van der Waals surface area (Å²) in [6.07, 6.45) is 4.90. The van der Waals surface area contributed by atoms with Crippen LogP contribution in [0.4, 0.5) is 11.4 Å². The molecule has 2 aliphatic rings. The van der Waals surface area contributed by atoms with E-state index in [0.29, 0.717) is 12.8 Å². The molecule has 136 valence electrons. The van der Waals surface area contributed by atoms with E-state index in [9.17, 15) is 29.6 Å². The summed E-state index contributed by atoms with van der Waals surface area (Å²) in [5.74, 6) is -2.61. The molecule has 0 unspecified atom stereocenters. The molecule has 1 heterocycles. The topological polar surface area (TPSA) is 133 Å². The predicted octanol–water partition coefficient (Wildman–Crippen LogP) is 0.321. The van der Waals surface area contributed by atoms with Crippen molar-refractivity contribution in [3.8, 4) is 0 Å². The number of benzene rings is 1. The van der Waals surface area contributed by atoms with Gasteiger partial charge in [0.2, 0.25) is 11.8 Å². The first-order chi connectivity index (χ1) is 12.4. The van der Waals surface area contributed by atoms with E-state index in [1.807, 2.05) is 12.2 Å². The van der Waals surface area contributed by atoms with E-state index in [1.54, 1.807) is 0 Å². The van der Waals surface area contributed by atoms with Crippen LogP contribution in [0.5, 0.6) is 0 Å². The standard InChI is InChI=1S/C17H17N3O6/c21-15-11-3-1-2-4-12(11)16(22)19(15)8-7-18-14-6-5-10(20(25)26)9-13(14)17(23)24/h1-2,5-6,9,11-12,18H,3-4,7-8H2,(H,23,24)/p-1/t11-,12+. The second kappa shape index (κ2) is 6.95. The van der Waals surface area contributed by atoms with Crippen molar-refractivity contribution in [2.24, 2.45) is 11.8 Å². The number of rotatable bonds is 6. The van der Waals surface area contributed by atoms with Gasteiger partial charge in [-0.25, -0.2) is 0 Å². The number of hydrogen-bond donors (Lipinski definition) is 1. The molecule has 0 radical (unpaired) electrons. The highest BCUT2D eigenvalue weighted by molar-refractivity contribution is 6.05. The van der Waals surface area contributed by atoms with E-state index in [1.165, 1.54) is 17.0 Å². The number of aromatic carboxylic acids is 1. The molecule has 1 saturated heterocycles. The number of carbonyl (C=O) groups is 3. The number of nitrogens with zero attached hydrogens (tertiary/aromatic N) is 2. The van der Waals surface area contributed by atoms with E-state index in [-0.39, 0.29) is 53.7 Å². The van der Waals surface area contributed by atoms with Gasteiger partial charge in [-0.05, 0) is 18.9 Å². The maximum atomic E-state index is 12.4. The molecule has 1 aromatic carbocycles. The van der Waals surface area contributed by atoms with E-state index in [0.717, 1.165) is 6.07 Å². The van der Waals surface area contributed by atoms with Gasteiger partial charge in [-0.2, -0.15) is 0 Å². The molecular weight excluding hydrogens is 342 g/mol. The summed E-state index contributed by atoms with van der Waals surface area (Å²) >= 11 is 0. The summed E-state index contributed by atoms with van der Waals surface area (Å²) in [6.45, 7) is 0.219. The number of nitro groups is 1. The van der Waals surface area contributed by atoms with Crippen molar-refractivity contribution in [2.75, 3.05) is 18.4 Å². The Morgan fingerprint density at radius 3 is 2.35 bits per heavy atom. The SMILES string of the molecule is O=C([O-])c1cc([N+](=O)[O-])ccc1NCCN1C(=O)[C@H]2CC=CC[C@H]2C1=O. The predicted molar refractivity (Wildman–Crippen MR) is 88.0 cm³/mol. The van der Waals surface area contributed by atoms with Crippen LogP contribution in [0.1, 0.15) is 23.2 Å². The Labute approximate surface area is 148 Å². The number of nitrogens with one attached hydrogen (secondary N) is 1. The first-order valence-corrected chi connectivity index (χ1v) is 8.14. The zero-order chi connectivity index (χ0) is 18.8. The highest BCUT2D eigenvalue weighted by atomic mass is 16.6. The second-order valence-corrected chi connectivity index (χ2v) is 6.19. The van der Waals surface area contributed by atoms with Crippen LogP contribution >= 0.6 is 0 Å². The quantitative estimate of drug-likeness (QED) is 0.335. The van der Waals surface area contributed by atoms with Gasteiger partial charge < -0.3 is 15.2 Å². The van der Waals surface area contributed by atoms with E-state index in [4.69, 9.17) is 0 Å². The van der Waals surface area contributed by atoms with Gasteiger partial charge in [0.15, 0.2) is 0 Å². The van der Waals surface area contributed by atoms with Crippen molar-refractivity contribution in [1.82, 2.24) is 4.90 Å². The van der Waals surface area contributed by atoms with Crippen LogP contribution in [0.2, 0.25) is 0 Å². The number of fused-ring (bicyclic) bond motifs is 1. The van der Waals surface area contributed by atoms with Gasteiger partial charge in [0.1, 0.15) is 0 Å². The Kier molecular flexibility index (Phi) is 4.70. The van der Waals surface area contributed by atoms with Gasteiger partial charge in [-0.1, -0.05) is 12.2 Å². The molecule has 0 bridgehead atoms. The number of carboxylic acid groups (broad SMARTS) is 1. The summed E-state index contributed by atoms with van der Waals surface area (Å²) < 4.78 is 0. The Bertz CT molecular complexity index is 793. The van der Waals surface area contributed by atoms with Crippen LogP contribution in [-0.4, -0.2) is 40.7 Å². The minimum atomic E-state index is -1.55. The lowest BCUT2D eigenvalue weighted by Gasteiger charge is -2.17. The summed E-state index contributed by atoms with van der Waals surface area (Å²) in [5.41, 5.74) is -0.582. The number of nitro benzene ring substituents is 1. The molecule has 1 N–H and O–H groups in total. The number of amides is 2. The highest BCUT2D eigenvalue weighted by Crippen LogP contribution is 2.34. The van der Waals surface area contributed by atoms with Gasteiger partial charge >= 0.3 is 0 Å². The molecule has 0 aromatic heterocycles. The lowest BCUT2D eigenvalue weighted by molar-refractivity contribution is -0.385. The van der Waals surface area contributed by atoms with Crippen LogP contribution in [-0.2, 0) is 9.59 Å². The molecule has 9 heteroatoms. The fourth-order valence-electron chi connectivity index (χ4n) is 3.36. The normalized spacial score (nSPS) is 21.6. The molecule has 26 heavy (non-hydrogen) atoms. The number of anilines is 1. The highest BCUT2D eigenvalue weighted by Gasteiger charge is 2.46. The third-order valence-corrected chi connectivity index (χ3v) is 4.68. The first-order valence-electron chi connectivity index (χ1n) is 8.14. The molecule has 2 amide bonds. The van der Waals surface area contributed by atoms with Gasteiger partial charge in [0, 0.05) is 36.5 Å². The van der Waals surface area contributed by atoms with Crippen LogP contribution in [0.15, 0.2) is 30.4 Å². The molecule has 3 rings (SSSR count). The van der Waals surface area contributed by atoms with Gasteiger partial charge in [0.05, 0.1) is 22.7 Å². The average molecular weight is 358 g/mol. The Balaban J connectivity index is 1.67. The third kappa shape index (κ3) is 3.15. The Hall–Kier alpha value is -3.23. The Morgan fingerprint density at radius 1 is 1.19 bits per heavy atom. The monoisotopic (exact) mass is 358 g/mol. The molecule has 0 spiro atoms. The van der Waals surface area contributed by atoms with Gasteiger partial charge in [-0.3, -0.25) is 24.6 Å².